The first-order chi connectivity index (χ1) is 17.1. The quantitative estimate of drug-likeness (QED) is 0.428. The largest absolute Gasteiger partial charge is 0.392 e. The predicted octanol–water partition coefficient (Wildman–Crippen LogP) is 4.54. The number of aliphatic hydroxyl groups excluding tert-OH is 1. The lowest BCUT2D eigenvalue weighted by molar-refractivity contribution is 0.0951. The Labute approximate surface area is 210 Å². The summed E-state index contributed by atoms with van der Waals surface area (Å²) >= 11 is 6.27. The van der Waals surface area contributed by atoms with Crippen molar-refractivity contribution in [3.8, 4) is 0 Å². The molecule has 3 heterocycles. The molecular weight excluding hydrogens is 462 g/mol. The minimum Gasteiger partial charge on any atom is -0.392 e. The van der Waals surface area contributed by atoms with Crippen molar-refractivity contribution in [3.05, 3.63) is 82.0 Å². The standard InChI is InChI=1S/C27H30ClN5O2/c28-24-12-20(6-9-21(24)17-34)14-29-25-23(26(35)30-13-18-4-2-1-3-5-18)15-31-27(32-25)33-16-19-7-10-22(33)11-8-19/h1-6,9,12,15,19,22,34H,7-8,10-11,13-14,16-17H2,(H,30,35)(H,29,31,32). The molecule has 2 aliphatic heterocycles. The molecule has 3 aromatic rings. The summed E-state index contributed by atoms with van der Waals surface area (Å²) in [6, 6.07) is 15.8. The highest BCUT2D eigenvalue weighted by atomic mass is 35.5. The summed E-state index contributed by atoms with van der Waals surface area (Å²) in [6.07, 6.45) is 6.53. The number of aromatic nitrogens is 2. The number of hydrogen-bond acceptors (Lipinski definition) is 6. The number of fused-ring (bicyclic) bond motifs is 3. The Kier molecular flexibility index (Phi) is 7.16. The Morgan fingerprint density at radius 1 is 1.06 bits per heavy atom. The van der Waals surface area contributed by atoms with E-state index in [4.69, 9.17) is 16.6 Å². The number of carbonyl (C=O) groups excluding carboxylic acids is 1. The number of hydrogen-bond donors (Lipinski definition) is 3. The van der Waals surface area contributed by atoms with Gasteiger partial charge in [0.2, 0.25) is 5.95 Å². The number of anilines is 2. The van der Waals surface area contributed by atoms with E-state index in [1.807, 2.05) is 48.5 Å². The molecule has 3 N–H and O–H groups in total. The van der Waals surface area contributed by atoms with E-state index in [-0.39, 0.29) is 12.5 Å². The van der Waals surface area contributed by atoms with Gasteiger partial charge in [-0.15, -0.1) is 0 Å². The van der Waals surface area contributed by atoms with Crippen LogP contribution in [0.15, 0.2) is 54.7 Å². The molecule has 2 saturated heterocycles. The first-order valence-electron chi connectivity index (χ1n) is 12.2. The molecule has 1 aliphatic carbocycles. The summed E-state index contributed by atoms with van der Waals surface area (Å²) in [7, 11) is 0. The molecule has 3 fully saturated rings. The van der Waals surface area contributed by atoms with E-state index in [1.54, 1.807) is 6.20 Å². The molecule has 8 heteroatoms. The second-order valence-corrected chi connectivity index (χ2v) is 9.77. The minimum atomic E-state index is -0.225. The van der Waals surface area contributed by atoms with E-state index in [0.29, 0.717) is 53.0 Å². The molecule has 1 aromatic heterocycles. The Balaban J connectivity index is 1.38. The van der Waals surface area contributed by atoms with E-state index < -0.39 is 0 Å². The Hall–Kier alpha value is -3.16. The van der Waals surface area contributed by atoms with Gasteiger partial charge in [-0.05, 0) is 54.4 Å². The van der Waals surface area contributed by atoms with Crippen molar-refractivity contribution in [2.24, 2.45) is 5.92 Å². The maximum Gasteiger partial charge on any atom is 0.256 e. The Bertz CT molecular complexity index is 1180. The monoisotopic (exact) mass is 491 g/mol. The van der Waals surface area contributed by atoms with Gasteiger partial charge in [-0.2, -0.15) is 4.98 Å². The molecular formula is C27H30ClN5O2. The number of carbonyl (C=O) groups is 1. The van der Waals surface area contributed by atoms with E-state index in [2.05, 4.69) is 20.5 Å². The SMILES string of the molecule is O=C(NCc1ccccc1)c1cnc(N2CC3CCC2CC3)nc1NCc1ccc(CO)c(Cl)c1. The van der Waals surface area contributed by atoms with E-state index in [1.165, 1.54) is 25.7 Å². The van der Waals surface area contributed by atoms with Crippen LogP contribution in [0, 0.1) is 5.92 Å². The predicted molar refractivity (Wildman–Crippen MR) is 137 cm³/mol. The van der Waals surface area contributed by atoms with Crippen LogP contribution in [-0.4, -0.2) is 33.6 Å². The normalized spacial score (nSPS) is 19.0. The smallest absolute Gasteiger partial charge is 0.256 e. The summed E-state index contributed by atoms with van der Waals surface area (Å²) in [4.78, 5) is 24.9. The van der Waals surface area contributed by atoms with Crippen LogP contribution in [0.1, 0.15) is 52.7 Å². The third kappa shape index (κ3) is 5.41. The summed E-state index contributed by atoms with van der Waals surface area (Å²) in [5.74, 6) is 1.65. The third-order valence-electron chi connectivity index (χ3n) is 7.03. The fourth-order valence-corrected chi connectivity index (χ4v) is 5.27. The molecule has 6 rings (SSSR count). The number of piperidine rings is 2. The lowest BCUT2D eigenvalue weighted by Crippen LogP contribution is -2.49. The molecule has 2 bridgehead atoms. The third-order valence-corrected chi connectivity index (χ3v) is 7.39. The molecule has 0 unspecified atom stereocenters. The van der Waals surface area contributed by atoms with Gasteiger partial charge >= 0.3 is 0 Å². The minimum absolute atomic E-state index is 0.106. The molecule has 0 radical (unpaired) electrons. The molecule has 3 aliphatic rings. The molecule has 1 amide bonds. The number of benzene rings is 2. The van der Waals surface area contributed by atoms with E-state index in [9.17, 15) is 9.90 Å². The van der Waals surface area contributed by atoms with Gasteiger partial charge < -0.3 is 20.6 Å². The van der Waals surface area contributed by atoms with Gasteiger partial charge in [-0.3, -0.25) is 4.79 Å². The average molecular weight is 492 g/mol. The number of nitrogens with zero attached hydrogens (tertiary/aromatic N) is 3. The van der Waals surface area contributed by atoms with E-state index in [0.717, 1.165) is 17.7 Å². The van der Waals surface area contributed by atoms with Crippen LogP contribution >= 0.6 is 11.6 Å². The zero-order chi connectivity index (χ0) is 24.2. The lowest BCUT2D eigenvalue weighted by Gasteiger charge is -2.45. The van der Waals surface area contributed by atoms with Crippen LogP contribution in [0.4, 0.5) is 11.8 Å². The summed E-state index contributed by atoms with van der Waals surface area (Å²) in [6.45, 7) is 1.73. The molecule has 0 spiro atoms. The van der Waals surface area contributed by atoms with Gasteiger partial charge in [0.25, 0.3) is 5.91 Å². The number of aliphatic hydroxyl groups is 1. The van der Waals surface area contributed by atoms with Crippen LogP contribution in [0.5, 0.6) is 0 Å². The molecule has 7 nitrogen and oxygen atoms in total. The van der Waals surface area contributed by atoms with E-state index >= 15 is 0 Å². The molecule has 35 heavy (non-hydrogen) atoms. The Morgan fingerprint density at radius 2 is 1.86 bits per heavy atom. The highest BCUT2D eigenvalue weighted by Gasteiger charge is 2.35. The summed E-state index contributed by atoms with van der Waals surface area (Å²) in [5.41, 5.74) is 3.04. The molecule has 182 valence electrons. The van der Waals surface area contributed by atoms with Crippen LogP contribution < -0.4 is 15.5 Å². The Morgan fingerprint density at radius 3 is 2.54 bits per heavy atom. The maximum atomic E-state index is 13.1. The van der Waals surface area contributed by atoms with Crippen LogP contribution in [-0.2, 0) is 19.7 Å². The van der Waals surface area contributed by atoms with Crippen molar-refractivity contribution in [2.45, 2.75) is 51.4 Å². The van der Waals surface area contributed by atoms with Crippen molar-refractivity contribution >= 4 is 29.3 Å². The highest BCUT2D eigenvalue weighted by molar-refractivity contribution is 6.31. The van der Waals surface area contributed by atoms with Crippen molar-refractivity contribution in [1.82, 2.24) is 15.3 Å². The van der Waals surface area contributed by atoms with Crippen LogP contribution in [0.3, 0.4) is 0 Å². The van der Waals surface area contributed by atoms with Crippen molar-refractivity contribution in [1.29, 1.82) is 0 Å². The first-order valence-corrected chi connectivity index (χ1v) is 12.6. The zero-order valence-corrected chi connectivity index (χ0v) is 20.3. The maximum absolute atomic E-state index is 13.1. The van der Waals surface area contributed by atoms with Gasteiger partial charge in [0.15, 0.2) is 0 Å². The number of amides is 1. The van der Waals surface area contributed by atoms with Crippen molar-refractivity contribution in [2.75, 3.05) is 16.8 Å². The first kappa shape index (κ1) is 23.6. The number of halogens is 1. The van der Waals surface area contributed by atoms with Gasteiger partial charge in [0.05, 0.1) is 6.61 Å². The second kappa shape index (κ2) is 10.6. The fraction of sp³-hybridized carbons (Fsp3) is 0.370. The number of nitrogens with one attached hydrogen (secondary N) is 2. The highest BCUT2D eigenvalue weighted by Crippen LogP contribution is 2.37. The van der Waals surface area contributed by atoms with Gasteiger partial charge in [0, 0.05) is 36.9 Å². The fourth-order valence-electron chi connectivity index (χ4n) is 5.01. The summed E-state index contributed by atoms with van der Waals surface area (Å²) < 4.78 is 0. The second-order valence-electron chi connectivity index (χ2n) is 9.36. The lowest BCUT2D eigenvalue weighted by atomic mass is 9.80. The molecule has 0 atom stereocenters. The molecule has 2 aromatic carbocycles. The topological polar surface area (TPSA) is 90.4 Å². The van der Waals surface area contributed by atoms with Gasteiger partial charge in [-0.25, -0.2) is 4.98 Å². The van der Waals surface area contributed by atoms with Crippen LogP contribution in [0.25, 0.3) is 0 Å². The number of rotatable bonds is 8. The van der Waals surface area contributed by atoms with Crippen molar-refractivity contribution in [3.63, 3.8) is 0 Å². The average Bonchev–Trinajstić information content (AvgIpc) is 2.91. The van der Waals surface area contributed by atoms with Crippen LogP contribution in [0.2, 0.25) is 5.02 Å². The van der Waals surface area contributed by atoms with Gasteiger partial charge in [0.1, 0.15) is 11.4 Å². The summed E-state index contributed by atoms with van der Waals surface area (Å²) in [5, 5.41) is 16.2. The van der Waals surface area contributed by atoms with Crippen molar-refractivity contribution < 1.29 is 9.90 Å². The van der Waals surface area contributed by atoms with Gasteiger partial charge in [-0.1, -0.05) is 54.1 Å². The zero-order valence-electron chi connectivity index (χ0n) is 19.6. The molecule has 1 saturated carbocycles.